The van der Waals surface area contributed by atoms with Crippen LogP contribution in [0, 0.1) is 12.7 Å². The lowest BCUT2D eigenvalue weighted by Crippen LogP contribution is -2.16. The second-order valence-electron chi connectivity index (χ2n) is 4.43. The van der Waals surface area contributed by atoms with Crippen LogP contribution < -0.4 is 11.1 Å². The van der Waals surface area contributed by atoms with Crippen LogP contribution in [0.1, 0.15) is 26.3 Å². The van der Waals surface area contributed by atoms with E-state index in [1.165, 1.54) is 18.2 Å². The molecule has 2 aromatic carbocycles. The van der Waals surface area contributed by atoms with E-state index in [1.54, 1.807) is 25.1 Å². The third-order valence-electron chi connectivity index (χ3n) is 3.03. The molecule has 0 saturated carbocycles. The SMILES string of the molecule is Cc1c(NC(=O)c2ccc(F)c(Br)c2)cccc1C(N)=O. The van der Waals surface area contributed by atoms with Crippen molar-refractivity contribution < 1.29 is 14.0 Å². The van der Waals surface area contributed by atoms with Gasteiger partial charge in [-0.2, -0.15) is 0 Å². The number of primary amides is 1. The molecule has 2 rings (SSSR count). The second-order valence-corrected chi connectivity index (χ2v) is 5.28. The molecule has 0 unspecified atom stereocenters. The Balaban J connectivity index is 2.29. The molecule has 2 aromatic rings. The highest BCUT2D eigenvalue weighted by Crippen LogP contribution is 2.21. The number of benzene rings is 2. The smallest absolute Gasteiger partial charge is 0.255 e. The Morgan fingerprint density at radius 1 is 1.24 bits per heavy atom. The molecule has 0 radical (unpaired) electrons. The maximum Gasteiger partial charge on any atom is 0.255 e. The van der Waals surface area contributed by atoms with Crippen molar-refractivity contribution in [3.63, 3.8) is 0 Å². The quantitative estimate of drug-likeness (QED) is 0.891. The number of nitrogens with two attached hydrogens (primary N) is 1. The van der Waals surface area contributed by atoms with Crippen LogP contribution in [0.2, 0.25) is 0 Å². The fraction of sp³-hybridized carbons (Fsp3) is 0.0667. The van der Waals surface area contributed by atoms with Crippen molar-refractivity contribution in [1.82, 2.24) is 0 Å². The summed E-state index contributed by atoms with van der Waals surface area (Å²) in [5.74, 6) is -1.41. The van der Waals surface area contributed by atoms with Gasteiger partial charge in [0.05, 0.1) is 4.47 Å². The Labute approximate surface area is 129 Å². The van der Waals surface area contributed by atoms with Crippen LogP contribution >= 0.6 is 15.9 Å². The van der Waals surface area contributed by atoms with Crippen LogP contribution in [0.15, 0.2) is 40.9 Å². The van der Waals surface area contributed by atoms with E-state index in [1.807, 2.05) is 0 Å². The standard InChI is InChI=1S/C15H12BrFN2O2/c1-8-10(14(18)20)3-2-4-13(8)19-15(21)9-5-6-12(17)11(16)7-9/h2-7H,1H3,(H2,18,20)(H,19,21). The fourth-order valence-electron chi connectivity index (χ4n) is 1.87. The summed E-state index contributed by atoms with van der Waals surface area (Å²) in [4.78, 5) is 23.4. The van der Waals surface area contributed by atoms with Crippen molar-refractivity contribution in [3.8, 4) is 0 Å². The van der Waals surface area contributed by atoms with Gasteiger partial charge in [0.1, 0.15) is 5.82 Å². The molecule has 2 amide bonds. The third-order valence-corrected chi connectivity index (χ3v) is 3.64. The van der Waals surface area contributed by atoms with Gasteiger partial charge in [0.15, 0.2) is 0 Å². The zero-order chi connectivity index (χ0) is 15.6. The number of carbonyl (C=O) groups is 2. The van der Waals surface area contributed by atoms with Crippen LogP contribution in [0.4, 0.5) is 10.1 Å². The molecule has 0 saturated heterocycles. The van der Waals surface area contributed by atoms with Crippen LogP contribution in [0.5, 0.6) is 0 Å². The van der Waals surface area contributed by atoms with Crippen molar-refractivity contribution in [2.24, 2.45) is 5.73 Å². The van der Waals surface area contributed by atoms with Gasteiger partial charge in [0.25, 0.3) is 5.91 Å². The van der Waals surface area contributed by atoms with E-state index in [2.05, 4.69) is 21.2 Å². The summed E-state index contributed by atoms with van der Waals surface area (Å²) in [5.41, 5.74) is 6.97. The average molecular weight is 351 g/mol. The molecule has 6 heteroatoms. The first-order valence-electron chi connectivity index (χ1n) is 6.06. The van der Waals surface area contributed by atoms with E-state index in [0.717, 1.165) is 0 Å². The minimum absolute atomic E-state index is 0.206. The molecular weight excluding hydrogens is 339 g/mol. The number of halogens is 2. The Morgan fingerprint density at radius 2 is 1.95 bits per heavy atom. The van der Waals surface area contributed by atoms with Crippen LogP contribution in [0.25, 0.3) is 0 Å². The molecule has 0 bridgehead atoms. The minimum atomic E-state index is -0.562. The molecule has 0 aromatic heterocycles. The normalized spacial score (nSPS) is 10.2. The monoisotopic (exact) mass is 350 g/mol. The van der Waals surface area contributed by atoms with Gasteiger partial charge in [-0.1, -0.05) is 6.07 Å². The van der Waals surface area contributed by atoms with E-state index < -0.39 is 17.6 Å². The summed E-state index contributed by atoms with van der Waals surface area (Å²) < 4.78 is 13.4. The van der Waals surface area contributed by atoms with E-state index in [0.29, 0.717) is 22.4 Å². The maximum atomic E-state index is 13.2. The first-order valence-corrected chi connectivity index (χ1v) is 6.85. The summed E-state index contributed by atoms with van der Waals surface area (Å²) in [6.07, 6.45) is 0. The number of hydrogen-bond donors (Lipinski definition) is 2. The lowest BCUT2D eigenvalue weighted by atomic mass is 10.1. The maximum absolute atomic E-state index is 13.2. The average Bonchev–Trinajstić information content (AvgIpc) is 2.43. The highest BCUT2D eigenvalue weighted by Gasteiger charge is 2.13. The van der Waals surface area contributed by atoms with E-state index in [-0.39, 0.29) is 4.47 Å². The Morgan fingerprint density at radius 3 is 2.57 bits per heavy atom. The zero-order valence-electron chi connectivity index (χ0n) is 11.1. The fourth-order valence-corrected chi connectivity index (χ4v) is 2.25. The van der Waals surface area contributed by atoms with E-state index >= 15 is 0 Å². The van der Waals surface area contributed by atoms with Crippen molar-refractivity contribution in [2.75, 3.05) is 5.32 Å². The first kappa shape index (κ1) is 15.2. The van der Waals surface area contributed by atoms with Crippen LogP contribution in [-0.4, -0.2) is 11.8 Å². The molecule has 0 fully saturated rings. The summed E-state index contributed by atoms with van der Waals surface area (Å²) >= 11 is 3.03. The molecular formula is C15H12BrFN2O2. The highest BCUT2D eigenvalue weighted by atomic mass is 79.9. The molecule has 4 nitrogen and oxygen atoms in total. The third kappa shape index (κ3) is 3.28. The number of carbonyl (C=O) groups excluding carboxylic acids is 2. The predicted octanol–water partition coefficient (Wildman–Crippen LogP) is 3.25. The molecule has 0 atom stereocenters. The zero-order valence-corrected chi connectivity index (χ0v) is 12.7. The number of nitrogens with one attached hydrogen (secondary N) is 1. The molecule has 0 heterocycles. The molecule has 0 spiro atoms. The first-order chi connectivity index (χ1) is 9.90. The summed E-state index contributed by atoms with van der Waals surface area (Å²) in [7, 11) is 0. The van der Waals surface area contributed by atoms with Gasteiger partial charge in [0, 0.05) is 16.8 Å². The van der Waals surface area contributed by atoms with Gasteiger partial charge < -0.3 is 11.1 Å². The van der Waals surface area contributed by atoms with Crippen molar-refractivity contribution in [2.45, 2.75) is 6.92 Å². The number of anilines is 1. The summed E-state index contributed by atoms with van der Waals surface area (Å²) in [6.45, 7) is 1.69. The predicted molar refractivity (Wildman–Crippen MR) is 81.8 cm³/mol. The van der Waals surface area contributed by atoms with Crippen LogP contribution in [-0.2, 0) is 0 Å². The van der Waals surface area contributed by atoms with Gasteiger partial charge in [-0.25, -0.2) is 4.39 Å². The van der Waals surface area contributed by atoms with Gasteiger partial charge in [-0.3, -0.25) is 9.59 Å². The largest absolute Gasteiger partial charge is 0.366 e. The molecule has 3 N–H and O–H groups in total. The number of rotatable bonds is 3. The lowest BCUT2D eigenvalue weighted by molar-refractivity contribution is 0.0995. The number of hydrogen-bond acceptors (Lipinski definition) is 2. The van der Waals surface area contributed by atoms with E-state index in [9.17, 15) is 14.0 Å². The van der Waals surface area contributed by atoms with Crippen molar-refractivity contribution in [3.05, 3.63) is 63.4 Å². The molecule has 0 aliphatic heterocycles. The van der Waals surface area contributed by atoms with Gasteiger partial charge >= 0.3 is 0 Å². The summed E-state index contributed by atoms with van der Waals surface area (Å²) in [5, 5.41) is 2.68. The summed E-state index contributed by atoms with van der Waals surface area (Å²) in [6, 6.07) is 8.84. The molecule has 108 valence electrons. The topological polar surface area (TPSA) is 72.2 Å². The Bertz CT molecular complexity index is 732. The minimum Gasteiger partial charge on any atom is -0.366 e. The van der Waals surface area contributed by atoms with Gasteiger partial charge in [0.2, 0.25) is 5.91 Å². The Hall–Kier alpha value is -2.21. The Kier molecular flexibility index (Phi) is 4.37. The van der Waals surface area contributed by atoms with Gasteiger partial charge in [-0.05, 0) is 58.7 Å². The van der Waals surface area contributed by atoms with Gasteiger partial charge in [-0.15, -0.1) is 0 Å². The lowest BCUT2D eigenvalue weighted by Gasteiger charge is -2.11. The van der Waals surface area contributed by atoms with Crippen molar-refractivity contribution >= 4 is 33.4 Å². The molecule has 0 aliphatic carbocycles. The molecule has 21 heavy (non-hydrogen) atoms. The second kappa shape index (κ2) is 6.05. The highest BCUT2D eigenvalue weighted by molar-refractivity contribution is 9.10. The van der Waals surface area contributed by atoms with Crippen molar-refractivity contribution in [1.29, 1.82) is 0 Å². The number of amides is 2. The van der Waals surface area contributed by atoms with Crippen LogP contribution in [0.3, 0.4) is 0 Å². The molecule has 0 aliphatic rings. The van der Waals surface area contributed by atoms with E-state index in [4.69, 9.17) is 5.73 Å².